The Hall–Kier alpha value is -1.55. The molecule has 0 N–H and O–H groups in total. The van der Waals surface area contributed by atoms with Crippen molar-refractivity contribution in [2.45, 2.75) is 31.2 Å². The van der Waals surface area contributed by atoms with Gasteiger partial charge in [-0.3, -0.25) is 4.79 Å². The van der Waals surface area contributed by atoms with Gasteiger partial charge in [-0.25, -0.2) is 30.4 Å². The lowest BCUT2D eigenvalue weighted by molar-refractivity contribution is -0.124. The van der Waals surface area contributed by atoms with Gasteiger partial charge in [0.15, 0.2) is 28.2 Å². The van der Waals surface area contributed by atoms with Crippen LogP contribution in [0.1, 0.15) is 20.8 Å². The molecular weight excluding hydrogens is 333 g/mol. The van der Waals surface area contributed by atoms with Crippen LogP contribution in [0.5, 0.6) is 0 Å². The first-order valence-corrected chi connectivity index (χ1v) is 7.23. The lowest BCUT2D eigenvalue weighted by Gasteiger charge is -2.32. The van der Waals surface area contributed by atoms with Gasteiger partial charge in [0, 0.05) is 7.05 Å². The molecule has 0 aliphatic rings. The van der Waals surface area contributed by atoms with E-state index in [1.54, 1.807) is 0 Å². The number of hydrogen-bond donors (Lipinski definition) is 0. The molecule has 0 spiro atoms. The first-order valence-electron chi connectivity index (χ1n) is 5.79. The van der Waals surface area contributed by atoms with E-state index in [0.29, 0.717) is 0 Å². The number of nitrogens with zero attached hydrogens (tertiary/aromatic N) is 1. The molecule has 0 amide bonds. The van der Waals surface area contributed by atoms with E-state index >= 15 is 0 Å². The Morgan fingerprint density at radius 3 is 1.55 bits per heavy atom. The number of carbonyl (C=O) groups is 1. The number of hydrogen-bond acceptors (Lipinski definition) is 3. The van der Waals surface area contributed by atoms with Crippen LogP contribution in [0.15, 0.2) is 4.90 Å². The van der Waals surface area contributed by atoms with Gasteiger partial charge in [-0.1, -0.05) is 0 Å². The molecule has 124 valence electrons. The minimum atomic E-state index is -5.15. The maximum atomic E-state index is 13.6. The fourth-order valence-corrected chi connectivity index (χ4v) is 3.11. The van der Waals surface area contributed by atoms with Gasteiger partial charge in [-0.2, -0.15) is 4.31 Å². The van der Waals surface area contributed by atoms with Crippen LogP contribution >= 0.6 is 0 Å². The van der Waals surface area contributed by atoms with E-state index in [-0.39, 0.29) is 4.31 Å². The predicted octanol–water partition coefficient (Wildman–Crippen LogP) is 2.37. The molecule has 0 aliphatic heterocycles. The van der Waals surface area contributed by atoms with Gasteiger partial charge in [-0.05, 0) is 20.8 Å². The number of Topliss-reactive ketones (excluding diaryl/α,β-unsaturated/α-hetero) is 1. The second-order valence-corrected chi connectivity index (χ2v) is 6.89. The van der Waals surface area contributed by atoms with E-state index in [0.717, 1.165) is 27.8 Å². The van der Waals surface area contributed by atoms with Crippen molar-refractivity contribution in [2.24, 2.45) is 0 Å². The number of sulfonamides is 1. The average Bonchev–Trinajstić information content (AvgIpc) is 2.41. The predicted molar refractivity (Wildman–Crippen MR) is 65.9 cm³/mol. The highest BCUT2D eigenvalue weighted by atomic mass is 32.2. The highest BCUT2D eigenvalue weighted by Gasteiger charge is 2.42. The Labute approximate surface area is 123 Å². The summed E-state index contributed by atoms with van der Waals surface area (Å²) in [6.45, 7) is 3.27. The van der Waals surface area contributed by atoms with Gasteiger partial charge < -0.3 is 0 Å². The van der Waals surface area contributed by atoms with Crippen molar-refractivity contribution in [3.8, 4) is 0 Å². The van der Waals surface area contributed by atoms with Crippen LogP contribution in [0.4, 0.5) is 22.0 Å². The lowest BCUT2D eigenvalue weighted by atomic mass is 10.0. The number of likely N-dealkylation sites (N-methyl/N-ethyl adjacent to an activating group) is 1. The number of halogens is 5. The molecule has 0 atom stereocenters. The fourth-order valence-electron chi connectivity index (χ4n) is 1.47. The van der Waals surface area contributed by atoms with Crippen molar-refractivity contribution >= 4 is 15.8 Å². The third-order valence-electron chi connectivity index (χ3n) is 3.44. The van der Waals surface area contributed by atoms with Crippen molar-refractivity contribution in [1.82, 2.24) is 4.31 Å². The van der Waals surface area contributed by atoms with Crippen molar-refractivity contribution in [3.05, 3.63) is 29.1 Å². The topological polar surface area (TPSA) is 54.5 Å². The molecule has 0 saturated heterocycles. The lowest BCUT2D eigenvalue weighted by Crippen LogP contribution is -2.50. The monoisotopic (exact) mass is 345 g/mol. The molecule has 0 aliphatic carbocycles. The second kappa shape index (κ2) is 5.58. The molecular formula is C12H12F5NO3S. The minimum Gasteiger partial charge on any atom is -0.298 e. The third-order valence-corrected chi connectivity index (χ3v) is 5.49. The van der Waals surface area contributed by atoms with Gasteiger partial charge >= 0.3 is 0 Å². The van der Waals surface area contributed by atoms with Crippen molar-refractivity contribution in [1.29, 1.82) is 0 Å². The van der Waals surface area contributed by atoms with E-state index in [2.05, 4.69) is 0 Å². The van der Waals surface area contributed by atoms with E-state index in [4.69, 9.17) is 0 Å². The third kappa shape index (κ3) is 2.60. The quantitative estimate of drug-likeness (QED) is 0.478. The summed E-state index contributed by atoms with van der Waals surface area (Å²) in [5.74, 6) is -12.9. The number of benzene rings is 1. The van der Waals surface area contributed by atoms with Gasteiger partial charge in [0.1, 0.15) is 5.78 Å². The SMILES string of the molecule is CC(=O)C(C)(C)N(C)S(=O)(=O)c1c(F)c(F)c(F)c(F)c1F. The van der Waals surface area contributed by atoms with Crippen LogP contribution in [0.25, 0.3) is 0 Å². The first-order chi connectivity index (χ1) is 9.77. The Morgan fingerprint density at radius 2 is 1.23 bits per heavy atom. The zero-order valence-electron chi connectivity index (χ0n) is 12.0. The summed E-state index contributed by atoms with van der Waals surface area (Å²) in [6.07, 6.45) is 0. The molecule has 22 heavy (non-hydrogen) atoms. The summed E-state index contributed by atoms with van der Waals surface area (Å²) < 4.78 is 91.1. The Morgan fingerprint density at radius 1 is 0.909 bits per heavy atom. The largest absolute Gasteiger partial charge is 0.298 e. The summed E-state index contributed by atoms with van der Waals surface area (Å²) in [5, 5.41) is 0. The second-order valence-electron chi connectivity index (χ2n) is 4.99. The number of carbonyl (C=O) groups excluding carboxylic acids is 1. The maximum Gasteiger partial charge on any atom is 0.249 e. The zero-order chi connectivity index (χ0) is 17.6. The van der Waals surface area contributed by atoms with E-state index in [9.17, 15) is 35.2 Å². The summed E-state index contributed by atoms with van der Waals surface area (Å²) in [4.78, 5) is 9.44. The Bertz CT molecular complexity index is 717. The molecule has 0 saturated carbocycles. The zero-order valence-corrected chi connectivity index (χ0v) is 12.8. The molecule has 10 heteroatoms. The number of ketones is 1. The normalized spacial score (nSPS) is 12.8. The molecule has 0 unspecified atom stereocenters. The fraction of sp³-hybridized carbons (Fsp3) is 0.417. The first kappa shape index (κ1) is 18.5. The molecule has 1 rings (SSSR count). The highest BCUT2D eigenvalue weighted by molar-refractivity contribution is 7.89. The molecule has 1 aromatic carbocycles. The van der Waals surface area contributed by atoms with Crippen LogP contribution in [0.2, 0.25) is 0 Å². The van der Waals surface area contributed by atoms with Crippen molar-refractivity contribution in [3.63, 3.8) is 0 Å². The summed E-state index contributed by atoms with van der Waals surface area (Å²) >= 11 is 0. The summed E-state index contributed by atoms with van der Waals surface area (Å²) in [5.41, 5.74) is -1.75. The van der Waals surface area contributed by atoms with E-state index in [1.165, 1.54) is 0 Å². The molecule has 0 aromatic heterocycles. The van der Waals surface area contributed by atoms with E-state index < -0.39 is 55.3 Å². The summed E-state index contributed by atoms with van der Waals surface area (Å²) in [6, 6.07) is 0. The van der Waals surface area contributed by atoms with E-state index in [1.807, 2.05) is 0 Å². The van der Waals surface area contributed by atoms with Crippen LogP contribution in [0.3, 0.4) is 0 Å². The molecule has 0 heterocycles. The Kier molecular flexibility index (Phi) is 4.69. The van der Waals surface area contributed by atoms with Crippen LogP contribution in [0, 0.1) is 29.1 Å². The Balaban J connectivity index is 3.72. The standard InChI is InChI=1S/C12H12F5NO3S/c1-5(19)12(2,3)18(4)22(20,21)11-9(16)7(14)6(13)8(15)10(11)17/h1-4H3. The number of rotatable bonds is 4. The average molecular weight is 345 g/mol. The van der Waals surface area contributed by atoms with Gasteiger partial charge in [-0.15, -0.1) is 0 Å². The minimum absolute atomic E-state index is 0.251. The van der Waals surface area contributed by atoms with Crippen LogP contribution < -0.4 is 0 Å². The molecule has 0 bridgehead atoms. The van der Waals surface area contributed by atoms with Gasteiger partial charge in [0.2, 0.25) is 15.8 Å². The van der Waals surface area contributed by atoms with Crippen LogP contribution in [-0.2, 0) is 14.8 Å². The molecule has 4 nitrogen and oxygen atoms in total. The highest BCUT2D eigenvalue weighted by Crippen LogP contribution is 2.31. The van der Waals surface area contributed by atoms with Gasteiger partial charge in [0.25, 0.3) is 0 Å². The van der Waals surface area contributed by atoms with Crippen LogP contribution in [-0.4, -0.2) is 31.1 Å². The molecule has 0 fully saturated rings. The van der Waals surface area contributed by atoms with Crippen molar-refractivity contribution < 1.29 is 35.2 Å². The molecule has 1 aromatic rings. The van der Waals surface area contributed by atoms with Gasteiger partial charge in [0.05, 0.1) is 5.54 Å². The smallest absolute Gasteiger partial charge is 0.249 e. The maximum absolute atomic E-state index is 13.6. The molecule has 0 radical (unpaired) electrons. The van der Waals surface area contributed by atoms with Crippen molar-refractivity contribution in [2.75, 3.05) is 7.05 Å². The summed E-state index contributed by atoms with van der Waals surface area (Å²) in [7, 11) is -4.35.